The van der Waals surface area contributed by atoms with E-state index in [1.807, 2.05) is 61.2 Å². The van der Waals surface area contributed by atoms with Crippen LogP contribution in [0.15, 0.2) is 42.5 Å². The summed E-state index contributed by atoms with van der Waals surface area (Å²) in [7, 11) is 1.65. The van der Waals surface area contributed by atoms with Crippen molar-refractivity contribution in [3.05, 3.63) is 53.6 Å². The molecule has 27 heavy (non-hydrogen) atoms. The highest BCUT2D eigenvalue weighted by Gasteiger charge is 2.36. The number of methoxy groups -OCH3 is 1. The number of nitrogens with zero attached hydrogens (tertiary/aromatic N) is 1. The first-order valence-corrected chi connectivity index (χ1v) is 10.1. The average molecular weight is 388 g/mol. The number of rotatable bonds is 8. The van der Waals surface area contributed by atoms with Gasteiger partial charge in [0.05, 0.1) is 31.6 Å². The lowest BCUT2D eigenvalue weighted by Crippen LogP contribution is -2.28. The van der Waals surface area contributed by atoms with Gasteiger partial charge < -0.3 is 19.1 Å². The summed E-state index contributed by atoms with van der Waals surface area (Å²) in [5.74, 6) is 2.91. The van der Waals surface area contributed by atoms with Gasteiger partial charge in [-0.25, -0.2) is 0 Å². The van der Waals surface area contributed by atoms with Crippen LogP contribution >= 0.6 is 11.8 Å². The van der Waals surface area contributed by atoms with E-state index in [0.717, 1.165) is 28.4 Å². The van der Waals surface area contributed by atoms with Gasteiger partial charge in [-0.05, 0) is 43.7 Å². The molecule has 1 amide bonds. The Morgan fingerprint density at radius 2 is 1.74 bits per heavy atom. The number of hydrogen-bond donors (Lipinski definition) is 0. The molecule has 2 aromatic rings. The van der Waals surface area contributed by atoms with Gasteiger partial charge in [0, 0.05) is 6.54 Å². The Bertz CT molecular complexity index is 778. The Labute approximate surface area is 164 Å². The molecule has 5 nitrogen and oxygen atoms in total. The summed E-state index contributed by atoms with van der Waals surface area (Å²) < 4.78 is 16.9. The normalized spacial score (nSPS) is 16.5. The van der Waals surface area contributed by atoms with Crippen LogP contribution in [0.1, 0.15) is 30.3 Å². The van der Waals surface area contributed by atoms with E-state index < -0.39 is 0 Å². The lowest BCUT2D eigenvalue weighted by atomic mass is 10.1. The molecule has 1 aliphatic heterocycles. The summed E-state index contributed by atoms with van der Waals surface area (Å²) in [5, 5.41) is -0.137. The van der Waals surface area contributed by atoms with Crippen molar-refractivity contribution in [1.82, 2.24) is 4.90 Å². The number of carbonyl (C=O) groups excluding carboxylic acids is 1. The topological polar surface area (TPSA) is 48.0 Å². The average Bonchev–Trinajstić information content (AvgIpc) is 3.04. The first-order valence-electron chi connectivity index (χ1n) is 9.10. The monoisotopic (exact) mass is 387 g/mol. The molecule has 1 fully saturated rings. The maximum Gasteiger partial charge on any atom is 0.234 e. The molecule has 0 spiro atoms. The van der Waals surface area contributed by atoms with Gasteiger partial charge in [-0.15, -0.1) is 11.8 Å². The molecule has 1 atom stereocenters. The van der Waals surface area contributed by atoms with Crippen LogP contribution in [0.5, 0.6) is 17.2 Å². The Morgan fingerprint density at radius 1 is 1.04 bits per heavy atom. The smallest absolute Gasteiger partial charge is 0.234 e. The number of amides is 1. The van der Waals surface area contributed by atoms with Crippen LogP contribution in [-0.2, 0) is 11.3 Å². The van der Waals surface area contributed by atoms with Crippen molar-refractivity contribution in [1.29, 1.82) is 0 Å². The van der Waals surface area contributed by atoms with Crippen LogP contribution in [-0.4, -0.2) is 36.9 Å². The lowest BCUT2D eigenvalue weighted by Gasteiger charge is -2.27. The molecule has 0 N–H and O–H groups in total. The third-order valence-corrected chi connectivity index (χ3v) is 5.57. The summed E-state index contributed by atoms with van der Waals surface area (Å²) in [6, 6.07) is 13.6. The van der Waals surface area contributed by atoms with Crippen molar-refractivity contribution in [2.24, 2.45) is 0 Å². The van der Waals surface area contributed by atoms with Gasteiger partial charge in [0.2, 0.25) is 5.91 Å². The van der Waals surface area contributed by atoms with Gasteiger partial charge in [0.25, 0.3) is 0 Å². The highest BCUT2D eigenvalue weighted by atomic mass is 32.2. The molecule has 1 aliphatic rings. The summed E-state index contributed by atoms with van der Waals surface area (Å²) in [6.45, 7) is 5.64. The summed E-state index contributed by atoms with van der Waals surface area (Å²) in [4.78, 5) is 14.5. The molecule has 0 radical (unpaired) electrons. The standard InChI is InChI=1S/C21H25NO4S/c1-4-25-16-11-9-15(10-12-16)13-22-19(23)14-27-21(22)20-17(24-3)7-6-8-18(20)26-5-2/h6-12,21H,4-5,13-14H2,1-3H3. The number of benzene rings is 2. The molecule has 6 heteroatoms. The quantitative estimate of drug-likeness (QED) is 0.677. The van der Waals surface area contributed by atoms with Gasteiger partial charge in [-0.1, -0.05) is 18.2 Å². The Morgan fingerprint density at radius 3 is 2.41 bits per heavy atom. The molecule has 3 rings (SSSR count). The van der Waals surface area contributed by atoms with E-state index in [1.165, 1.54) is 0 Å². The second-order valence-corrected chi connectivity index (χ2v) is 7.14. The molecule has 144 valence electrons. The van der Waals surface area contributed by atoms with E-state index in [0.29, 0.717) is 25.5 Å². The largest absolute Gasteiger partial charge is 0.496 e. The minimum atomic E-state index is -0.137. The number of ether oxygens (including phenoxy) is 3. The van der Waals surface area contributed by atoms with E-state index in [2.05, 4.69) is 0 Å². The molecule has 1 unspecified atom stereocenters. The number of thioether (sulfide) groups is 1. The van der Waals surface area contributed by atoms with Crippen LogP contribution in [0.25, 0.3) is 0 Å². The SMILES string of the molecule is CCOc1ccc(CN2C(=O)CSC2c2c(OC)cccc2OCC)cc1. The summed E-state index contributed by atoms with van der Waals surface area (Å²) in [6.07, 6.45) is 0. The van der Waals surface area contributed by atoms with Gasteiger partial charge >= 0.3 is 0 Å². The van der Waals surface area contributed by atoms with Crippen LogP contribution in [0.3, 0.4) is 0 Å². The van der Waals surface area contributed by atoms with Gasteiger partial charge in [-0.2, -0.15) is 0 Å². The molecule has 0 saturated carbocycles. The second-order valence-electron chi connectivity index (χ2n) is 6.07. The minimum Gasteiger partial charge on any atom is -0.496 e. The summed E-state index contributed by atoms with van der Waals surface area (Å²) >= 11 is 1.60. The first kappa shape index (κ1) is 19.4. The van der Waals surface area contributed by atoms with Crippen LogP contribution in [0, 0.1) is 0 Å². The van der Waals surface area contributed by atoms with E-state index in [9.17, 15) is 4.79 Å². The van der Waals surface area contributed by atoms with Crippen molar-refractivity contribution < 1.29 is 19.0 Å². The Hall–Kier alpha value is -2.34. The van der Waals surface area contributed by atoms with Gasteiger partial charge in [0.15, 0.2) is 0 Å². The van der Waals surface area contributed by atoms with E-state index >= 15 is 0 Å². The molecule has 1 heterocycles. The number of carbonyl (C=O) groups is 1. The third kappa shape index (κ3) is 4.33. The second kappa shape index (κ2) is 9.04. The first-order chi connectivity index (χ1) is 13.2. The predicted octanol–water partition coefficient (Wildman–Crippen LogP) is 4.27. The van der Waals surface area contributed by atoms with Crippen molar-refractivity contribution in [3.8, 4) is 17.2 Å². The van der Waals surface area contributed by atoms with Crippen LogP contribution in [0.2, 0.25) is 0 Å². The fourth-order valence-corrected chi connectivity index (χ4v) is 4.38. The maximum absolute atomic E-state index is 12.6. The van der Waals surface area contributed by atoms with Crippen molar-refractivity contribution >= 4 is 17.7 Å². The lowest BCUT2D eigenvalue weighted by molar-refractivity contribution is -0.128. The van der Waals surface area contributed by atoms with E-state index in [-0.39, 0.29) is 11.3 Å². The fourth-order valence-electron chi connectivity index (χ4n) is 3.15. The van der Waals surface area contributed by atoms with Gasteiger partial charge in [0.1, 0.15) is 22.6 Å². The third-order valence-electron chi connectivity index (χ3n) is 4.35. The molecule has 0 aliphatic carbocycles. The molecule has 0 bridgehead atoms. The van der Waals surface area contributed by atoms with Crippen LogP contribution in [0.4, 0.5) is 0 Å². The fraction of sp³-hybridized carbons (Fsp3) is 0.381. The van der Waals surface area contributed by atoms with Crippen molar-refractivity contribution in [3.63, 3.8) is 0 Å². The van der Waals surface area contributed by atoms with E-state index in [4.69, 9.17) is 14.2 Å². The number of hydrogen-bond acceptors (Lipinski definition) is 5. The predicted molar refractivity (Wildman–Crippen MR) is 108 cm³/mol. The Balaban J connectivity index is 1.88. The zero-order valence-corrected chi connectivity index (χ0v) is 16.8. The molecular formula is C21H25NO4S. The molecule has 1 saturated heterocycles. The zero-order valence-electron chi connectivity index (χ0n) is 15.9. The highest BCUT2D eigenvalue weighted by Crippen LogP contribution is 2.47. The van der Waals surface area contributed by atoms with Crippen LogP contribution < -0.4 is 14.2 Å². The highest BCUT2D eigenvalue weighted by molar-refractivity contribution is 8.00. The zero-order chi connectivity index (χ0) is 19.2. The molecule has 2 aromatic carbocycles. The van der Waals surface area contributed by atoms with E-state index in [1.54, 1.807) is 18.9 Å². The Kier molecular flexibility index (Phi) is 6.50. The van der Waals surface area contributed by atoms with Crippen molar-refractivity contribution in [2.45, 2.75) is 25.8 Å². The minimum absolute atomic E-state index is 0.118. The van der Waals surface area contributed by atoms with Crippen molar-refractivity contribution in [2.75, 3.05) is 26.1 Å². The molecule has 0 aromatic heterocycles. The maximum atomic E-state index is 12.6. The van der Waals surface area contributed by atoms with Gasteiger partial charge in [-0.3, -0.25) is 4.79 Å². The summed E-state index contributed by atoms with van der Waals surface area (Å²) in [5.41, 5.74) is 1.98. The molecular weight excluding hydrogens is 362 g/mol.